The number of alkyl carbamates (subject to hydrolysis) is 1. The molecule has 3 N–H and O–H groups in total. The van der Waals surface area contributed by atoms with E-state index in [1.807, 2.05) is 32.0 Å². The lowest BCUT2D eigenvalue weighted by Crippen LogP contribution is -2.28. The van der Waals surface area contributed by atoms with Gasteiger partial charge in [-0.15, -0.1) is 0 Å². The van der Waals surface area contributed by atoms with Crippen molar-refractivity contribution in [3.63, 3.8) is 0 Å². The summed E-state index contributed by atoms with van der Waals surface area (Å²) in [6, 6.07) is 3.55. The third-order valence-electron chi connectivity index (χ3n) is 5.16. The average molecular weight is 418 g/mol. The van der Waals surface area contributed by atoms with Gasteiger partial charge in [-0.05, 0) is 45.8 Å². The first-order chi connectivity index (χ1) is 14.5. The van der Waals surface area contributed by atoms with Crippen LogP contribution in [0.15, 0.2) is 18.3 Å². The van der Waals surface area contributed by atoms with Gasteiger partial charge in [0.05, 0.1) is 6.54 Å². The van der Waals surface area contributed by atoms with Crippen LogP contribution in [-0.2, 0) is 11.3 Å². The number of ether oxygens (including phenoxy) is 1. The van der Waals surface area contributed by atoms with E-state index in [4.69, 9.17) is 4.74 Å². The summed E-state index contributed by atoms with van der Waals surface area (Å²) in [6.45, 7) is 4.03. The maximum atomic E-state index is 12.6. The number of nitrogens with zero attached hydrogens (tertiary/aromatic N) is 4. The van der Waals surface area contributed by atoms with Crippen LogP contribution in [0.2, 0.25) is 0 Å². The summed E-state index contributed by atoms with van der Waals surface area (Å²) in [7, 11) is 3.95. The number of amides is 2. The number of hydrogen-bond donors (Lipinski definition) is 3. The number of carbonyl (C=O) groups is 2. The number of likely N-dealkylation sites (N-methyl/N-ethyl adjacent to an activating group) is 1. The second-order valence-corrected chi connectivity index (χ2v) is 7.87. The molecule has 30 heavy (non-hydrogen) atoms. The number of rotatable bonds is 9. The van der Waals surface area contributed by atoms with Crippen molar-refractivity contribution < 1.29 is 14.3 Å². The van der Waals surface area contributed by atoms with Gasteiger partial charge in [0.2, 0.25) is 0 Å². The molecule has 2 atom stereocenters. The van der Waals surface area contributed by atoms with Crippen molar-refractivity contribution >= 4 is 17.8 Å². The molecule has 0 aliphatic heterocycles. The predicted molar refractivity (Wildman–Crippen MR) is 112 cm³/mol. The lowest BCUT2D eigenvalue weighted by molar-refractivity contribution is 0.0996. The lowest BCUT2D eigenvalue weighted by Gasteiger charge is -2.12. The van der Waals surface area contributed by atoms with Crippen LogP contribution in [0.4, 0.5) is 10.6 Å². The van der Waals surface area contributed by atoms with Crippen LogP contribution < -0.4 is 10.6 Å². The summed E-state index contributed by atoms with van der Waals surface area (Å²) in [4.78, 5) is 26.4. The van der Waals surface area contributed by atoms with Crippen LogP contribution in [0.1, 0.15) is 54.7 Å². The van der Waals surface area contributed by atoms with Gasteiger partial charge in [-0.3, -0.25) is 14.6 Å². The Hall–Kier alpha value is -2.88. The Labute approximate surface area is 176 Å². The molecule has 3 rings (SSSR count). The zero-order chi connectivity index (χ0) is 21.5. The van der Waals surface area contributed by atoms with Gasteiger partial charge in [-0.2, -0.15) is 10.2 Å². The molecule has 2 heterocycles. The fourth-order valence-corrected chi connectivity index (χ4v) is 3.54. The first-order valence-corrected chi connectivity index (χ1v) is 10.4. The maximum Gasteiger partial charge on any atom is 0.407 e. The number of H-pyrrole nitrogens is 1. The van der Waals surface area contributed by atoms with Crippen molar-refractivity contribution in [2.45, 2.75) is 51.2 Å². The molecule has 1 fully saturated rings. The summed E-state index contributed by atoms with van der Waals surface area (Å²) in [6.07, 6.45) is 4.50. The summed E-state index contributed by atoms with van der Waals surface area (Å²) < 4.78 is 7.16. The van der Waals surface area contributed by atoms with Gasteiger partial charge < -0.3 is 20.3 Å². The summed E-state index contributed by atoms with van der Waals surface area (Å²) in [5.41, 5.74) is 1.43. The standard InChI is InChI=1S/C20H31N7O3/c1-4-8-21-20(29)30-15-6-5-14(12-15)16-13-18(25-24-16)23-19(28)17-7-9-22-27(17)11-10-26(2)3/h7,9,13-15H,4-6,8,10-12H2,1-3H3,(H,21,29)(H2,23,24,25,28)/t14-,15+/m0/s1. The topological polar surface area (TPSA) is 117 Å². The molecule has 0 bridgehead atoms. The number of anilines is 1. The van der Waals surface area contributed by atoms with Crippen LogP contribution in [-0.4, -0.2) is 70.2 Å². The Morgan fingerprint density at radius 1 is 1.37 bits per heavy atom. The summed E-state index contributed by atoms with van der Waals surface area (Å²) in [5, 5.41) is 17.0. The molecule has 2 aromatic rings. The highest BCUT2D eigenvalue weighted by atomic mass is 16.6. The van der Waals surface area contributed by atoms with Gasteiger partial charge in [0.15, 0.2) is 5.82 Å². The SMILES string of the molecule is CCCNC(=O)O[C@@H]1CC[C@H](c2cc(NC(=O)c3ccnn3CCN(C)C)n[nH]2)C1. The molecule has 0 spiro atoms. The van der Waals surface area contributed by atoms with Crippen LogP contribution in [0.25, 0.3) is 0 Å². The van der Waals surface area contributed by atoms with E-state index >= 15 is 0 Å². The van der Waals surface area contributed by atoms with Crippen LogP contribution in [0, 0.1) is 0 Å². The smallest absolute Gasteiger partial charge is 0.407 e. The Balaban J connectivity index is 1.53. The van der Waals surface area contributed by atoms with E-state index in [1.165, 1.54) is 0 Å². The van der Waals surface area contributed by atoms with E-state index in [2.05, 4.69) is 25.9 Å². The first kappa shape index (κ1) is 21.8. The zero-order valence-corrected chi connectivity index (χ0v) is 17.9. The fraction of sp³-hybridized carbons (Fsp3) is 0.600. The second-order valence-electron chi connectivity index (χ2n) is 7.87. The highest BCUT2D eigenvalue weighted by Gasteiger charge is 2.30. The molecular formula is C20H31N7O3. The molecule has 10 nitrogen and oxygen atoms in total. The number of nitrogens with one attached hydrogen (secondary N) is 3. The van der Waals surface area contributed by atoms with Gasteiger partial charge >= 0.3 is 6.09 Å². The fourth-order valence-electron chi connectivity index (χ4n) is 3.54. The molecule has 0 aromatic carbocycles. The van der Waals surface area contributed by atoms with Gasteiger partial charge in [0.1, 0.15) is 11.8 Å². The molecular weight excluding hydrogens is 386 g/mol. The van der Waals surface area contributed by atoms with E-state index in [0.29, 0.717) is 24.6 Å². The number of hydrogen-bond acceptors (Lipinski definition) is 6. The van der Waals surface area contributed by atoms with Crippen LogP contribution >= 0.6 is 0 Å². The molecule has 1 aliphatic carbocycles. The molecule has 164 valence electrons. The second kappa shape index (κ2) is 10.2. The van der Waals surface area contributed by atoms with Gasteiger partial charge in [0, 0.05) is 37.0 Å². The normalized spacial score (nSPS) is 18.5. The quantitative estimate of drug-likeness (QED) is 0.576. The van der Waals surface area contributed by atoms with Crippen molar-refractivity contribution in [1.82, 2.24) is 30.2 Å². The summed E-state index contributed by atoms with van der Waals surface area (Å²) in [5.74, 6) is 0.447. The molecule has 2 aromatic heterocycles. The van der Waals surface area contributed by atoms with Crippen molar-refractivity contribution in [2.24, 2.45) is 0 Å². The van der Waals surface area contributed by atoms with E-state index in [1.54, 1.807) is 16.9 Å². The number of carbonyl (C=O) groups excluding carboxylic acids is 2. The Kier molecular flexibility index (Phi) is 7.45. The minimum atomic E-state index is -0.356. The Morgan fingerprint density at radius 2 is 2.20 bits per heavy atom. The summed E-state index contributed by atoms with van der Waals surface area (Å²) >= 11 is 0. The van der Waals surface area contributed by atoms with E-state index in [0.717, 1.165) is 37.9 Å². The molecule has 0 saturated heterocycles. The largest absolute Gasteiger partial charge is 0.446 e. The third-order valence-corrected chi connectivity index (χ3v) is 5.16. The molecule has 1 saturated carbocycles. The van der Waals surface area contributed by atoms with Crippen molar-refractivity contribution in [3.05, 3.63) is 29.7 Å². The monoisotopic (exact) mass is 417 g/mol. The van der Waals surface area contributed by atoms with E-state index < -0.39 is 0 Å². The number of aromatic nitrogens is 4. The lowest BCUT2D eigenvalue weighted by atomic mass is 10.0. The Morgan fingerprint density at radius 3 is 2.97 bits per heavy atom. The van der Waals surface area contributed by atoms with Gasteiger partial charge in [-0.1, -0.05) is 6.92 Å². The average Bonchev–Trinajstić information content (AvgIpc) is 3.45. The van der Waals surface area contributed by atoms with Gasteiger partial charge in [-0.25, -0.2) is 4.79 Å². The predicted octanol–water partition coefficient (Wildman–Crippen LogP) is 2.19. The van der Waals surface area contributed by atoms with Crippen LogP contribution in [0.5, 0.6) is 0 Å². The van der Waals surface area contributed by atoms with Crippen molar-refractivity contribution in [3.8, 4) is 0 Å². The van der Waals surface area contributed by atoms with E-state index in [9.17, 15) is 9.59 Å². The first-order valence-electron chi connectivity index (χ1n) is 10.4. The van der Waals surface area contributed by atoms with Crippen molar-refractivity contribution in [2.75, 3.05) is 32.5 Å². The minimum absolute atomic E-state index is 0.0979. The number of aromatic amines is 1. The van der Waals surface area contributed by atoms with Crippen molar-refractivity contribution in [1.29, 1.82) is 0 Å². The highest BCUT2D eigenvalue weighted by molar-refractivity contribution is 6.02. The molecule has 0 radical (unpaired) electrons. The molecule has 10 heteroatoms. The van der Waals surface area contributed by atoms with Crippen LogP contribution in [0.3, 0.4) is 0 Å². The minimum Gasteiger partial charge on any atom is -0.446 e. The van der Waals surface area contributed by atoms with E-state index in [-0.39, 0.29) is 24.0 Å². The molecule has 2 amide bonds. The Bertz CT molecular complexity index is 845. The molecule has 0 unspecified atom stereocenters. The highest BCUT2D eigenvalue weighted by Crippen LogP contribution is 2.35. The van der Waals surface area contributed by atoms with Gasteiger partial charge in [0.25, 0.3) is 5.91 Å². The third kappa shape index (κ3) is 5.82. The molecule has 1 aliphatic rings. The maximum absolute atomic E-state index is 12.6. The zero-order valence-electron chi connectivity index (χ0n) is 17.9.